The second kappa shape index (κ2) is 8.27. The average molecular weight is 415 g/mol. The van der Waals surface area contributed by atoms with Crippen molar-refractivity contribution in [2.45, 2.75) is 19.8 Å². The number of rotatable bonds is 7. The van der Waals surface area contributed by atoms with E-state index in [1.807, 2.05) is 58.5 Å². The molecule has 2 heterocycles. The van der Waals surface area contributed by atoms with Crippen LogP contribution in [0.15, 0.2) is 67.3 Å². The quantitative estimate of drug-likeness (QED) is 0.481. The molecule has 2 aromatic heterocycles. The number of primary amides is 1. The van der Waals surface area contributed by atoms with Crippen LogP contribution in [0.5, 0.6) is 0 Å². The van der Waals surface area contributed by atoms with Crippen LogP contribution in [0.2, 0.25) is 0 Å². The fourth-order valence-electron chi connectivity index (χ4n) is 3.62. The van der Waals surface area contributed by atoms with Gasteiger partial charge in [-0.25, -0.2) is 0 Å². The number of amides is 1. The molecule has 0 saturated heterocycles. The first-order valence-electron chi connectivity index (χ1n) is 9.72. The molecular weight excluding hydrogens is 394 g/mol. The summed E-state index contributed by atoms with van der Waals surface area (Å²) in [5.41, 5.74) is 11.3. The van der Waals surface area contributed by atoms with Gasteiger partial charge in [-0.3, -0.25) is 14.2 Å². The summed E-state index contributed by atoms with van der Waals surface area (Å²) in [5.74, 6) is -1.34. The van der Waals surface area contributed by atoms with Crippen LogP contribution in [0.4, 0.5) is 0 Å². The molecule has 0 aliphatic heterocycles. The van der Waals surface area contributed by atoms with Crippen LogP contribution < -0.4 is 5.73 Å². The van der Waals surface area contributed by atoms with E-state index in [9.17, 15) is 9.59 Å². The molecule has 0 spiro atoms. The largest absolute Gasteiger partial charge is 0.481 e. The molecule has 8 nitrogen and oxygen atoms in total. The van der Waals surface area contributed by atoms with E-state index >= 15 is 0 Å². The molecule has 0 aliphatic rings. The van der Waals surface area contributed by atoms with Gasteiger partial charge in [0.05, 0.1) is 12.1 Å². The van der Waals surface area contributed by atoms with E-state index in [0.29, 0.717) is 12.0 Å². The molecule has 0 unspecified atom stereocenters. The molecule has 2 aromatic carbocycles. The summed E-state index contributed by atoms with van der Waals surface area (Å²) in [6.07, 6.45) is 3.66. The third-order valence-electron chi connectivity index (χ3n) is 5.16. The van der Waals surface area contributed by atoms with Crippen molar-refractivity contribution >= 4 is 11.9 Å². The minimum Gasteiger partial charge on any atom is -0.481 e. The molecule has 156 valence electrons. The van der Waals surface area contributed by atoms with E-state index in [2.05, 4.69) is 10.2 Å². The van der Waals surface area contributed by atoms with E-state index in [-0.39, 0.29) is 6.42 Å². The van der Waals surface area contributed by atoms with Crippen LogP contribution in [0.3, 0.4) is 0 Å². The van der Waals surface area contributed by atoms with E-state index < -0.39 is 11.9 Å². The maximum atomic E-state index is 11.6. The van der Waals surface area contributed by atoms with Crippen LogP contribution >= 0.6 is 0 Å². The molecule has 4 rings (SSSR count). The standard InChI is InChI=1S/C23H21N5O3/c1-15-12-17(23(24)31)4-9-20(15)28-19(8-11-22(29)30)7-10-21(28)16-2-5-18(6-3-16)27-13-25-26-14-27/h2-7,9-10,12-14H,8,11H2,1H3,(H2,24,31)(H,29,30). The summed E-state index contributed by atoms with van der Waals surface area (Å²) < 4.78 is 3.85. The molecule has 8 heteroatoms. The van der Waals surface area contributed by atoms with Crippen molar-refractivity contribution in [3.8, 4) is 22.6 Å². The number of benzene rings is 2. The molecular formula is C23H21N5O3. The Kier molecular flexibility index (Phi) is 5.36. The Morgan fingerprint density at radius 1 is 1.00 bits per heavy atom. The molecule has 0 bridgehead atoms. The number of hydrogen-bond donors (Lipinski definition) is 2. The summed E-state index contributed by atoms with van der Waals surface area (Å²) in [4.78, 5) is 22.7. The van der Waals surface area contributed by atoms with Crippen molar-refractivity contribution in [3.63, 3.8) is 0 Å². The Hall–Kier alpha value is -4.20. The van der Waals surface area contributed by atoms with Gasteiger partial charge in [0.1, 0.15) is 12.7 Å². The smallest absolute Gasteiger partial charge is 0.303 e. The first-order valence-corrected chi connectivity index (χ1v) is 9.72. The number of carbonyl (C=O) groups excluding carboxylic acids is 1. The number of aromatic nitrogens is 4. The van der Waals surface area contributed by atoms with E-state index in [4.69, 9.17) is 10.8 Å². The Balaban J connectivity index is 1.80. The highest BCUT2D eigenvalue weighted by Gasteiger charge is 2.16. The van der Waals surface area contributed by atoms with Gasteiger partial charge in [0.25, 0.3) is 0 Å². The fraction of sp³-hybridized carbons (Fsp3) is 0.130. The number of nitrogens with two attached hydrogens (primary N) is 1. The first-order chi connectivity index (χ1) is 14.9. The minimum absolute atomic E-state index is 0.0223. The minimum atomic E-state index is -0.853. The predicted molar refractivity (Wildman–Crippen MR) is 115 cm³/mol. The summed E-state index contributed by atoms with van der Waals surface area (Å²) in [6, 6.07) is 17.1. The Morgan fingerprint density at radius 2 is 1.71 bits per heavy atom. The maximum absolute atomic E-state index is 11.6. The van der Waals surface area contributed by atoms with Gasteiger partial charge in [0.15, 0.2) is 0 Å². The monoisotopic (exact) mass is 415 g/mol. The predicted octanol–water partition coefficient (Wildman–Crippen LogP) is 3.15. The van der Waals surface area contributed by atoms with Gasteiger partial charge < -0.3 is 15.4 Å². The van der Waals surface area contributed by atoms with E-state index in [1.165, 1.54) is 0 Å². The zero-order valence-electron chi connectivity index (χ0n) is 16.9. The zero-order valence-corrected chi connectivity index (χ0v) is 16.9. The second-order valence-electron chi connectivity index (χ2n) is 7.22. The lowest BCUT2D eigenvalue weighted by atomic mass is 10.1. The number of aliphatic carboxylic acids is 1. The highest BCUT2D eigenvalue weighted by molar-refractivity contribution is 5.93. The lowest BCUT2D eigenvalue weighted by molar-refractivity contribution is -0.136. The van der Waals surface area contributed by atoms with Gasteiger partial charge in [-0.2, -0.15) is 0 Å². The summed E-state index contributed by atoms with van der Waals surface area (Å²) in [7, 11) is 0. The second-order valence-corrected chi connectivity index (χ2v) is 7.22. The Morgan fingerprint density at radius 3 is 2.32 bits per heavy atom. The molecule has 31 heavy (non-hydrogen) atoms. The highest BCUT2D eigenvalue weighted by Crippen LogP contribution is 2.30. The molecule has 0 atom stereocenters. The SMILES string of the molecule is Cc1cc(C(N)=O)ccc1-n1c(CCC(=O)O)ccc1-c1ccc(-n2cnnc2)cc1. The van der Waals surface area contributed by atoms with Crippen LogP contribution in [0, 0.1) is 6.92 Å². The van der Waals surface area contributed by atoms with Crippen LogP contribution in [-0.2, 0) is 11.2 Å². The van der Waals surface area contributed by atoms with E-state index in [1.54, 1.807) is 24.8 Å². The van der Waals surface area contributed by atoms with Crippen molar-refractivity contribution in [2.24, 2.45) is 5.73 Å². The van der Waals surface area contributed by atoms with Gasteiger partial charge in [-0.15, -0.1) is 10.2 Å². The van der Waals surface area contributed by atoms with Gasteiger partial charge in [0, 0.05) is 22.6 Å². The van der Waals surface area contributed by atoms with Crippen molar-refractivity contribution in [3.05, 3.63) is 84.1 Å². The number of aryl methyl sites for hydroxylation is 2. The number of hydrogen-bond acceptors (Lipinski definition) is 4. The first kappa shape index (κ1) is 20.1. The van der Waals surface area contributed by atoms with Crippen LogP contribution in [-0.4, -0.2) is 36.3 Å². The molecule has 0 saturated carbocycles. The van der Waals surface area contributed by atoms with E-state index in [0.717, 1.165) is 33.9 Å². The Bertz CT molecular complexity index is 1240. The lowest BCUT2D eigenvalue weighted by Gasteiger charge is -2.17. The van der Waals surface area contributed by atoms with Crippen molar-refractivity contribution in [1.82, 2.24) is 19.3 Å². The van der Waals surface area contributed by atoms with Gasteiger partial charge in [0.2, 0.25) is 5.91 Å². The molecule has 0 fully saturated rings. The Labute approximate surface area is 178 Å². The summed E-state index contributed by atoms with van der Waals surface area (Å²) in [5, 5.41) is 16.8. The maximum Gasteiger partial charge on any atom is 0.303 e. The van der Waals surface area contributed by atoms with Crippen LogP contribution in [0.25, 0.3) is 22.6 Å². The number of carboxylic acids is 1. The van der Waals surface area contributed by atoms with Gasteiger partial charge in [-0.1, -0.05) is 12.1 Å². The summed E-state index contributed by atoms with van der Waals surface area (Å²) >= 11 is 0. The third-order valence-corrected chi connectivity index (χ3v) is 5.16. The third kappa shape index (κ3) is 4.09. The average Bonchev–Trinajstić information content (AvgIpc) is 3.42. The zero-order chi connectivity index (χ0) is 22.0. The number of nitrogens with zero attached hydrogens (tertiary/aromatic N) is 4. The lowest BCUT2D eigenvalue weighted by Crippen LogP contribution is -2.12. The number of carbonyl (C=O) groups is 2. The van der Waals surface area contributed by atoms with Gasteiger partial charge in [-0.05, 0) is 66.9 Å². The molecule has 3 N–H and O–H groups in total. The van der Waals surface area contributed by atoms with Crippen LogP contribution in [0.1, 0.15) is 28.0 Å². The molecule has 1 amide bonds. The molecule has 4 aromatic rings. The topological polar surface area (TPSA) is 116 Å². The summed E-state index contributed by atoms with van der Waals surface area (Å²) in [6.45, 7) is 1.90. The molecule has 0 aliphatic carbocycles. The van der Waals surface area contributed by atoms with Gasteiger partial charge >= 0.3 is 5.97 Å². The van der Waals surface area contributed by atoms with Crippen molar-refractivity contribution < 1.29 is 14.7 Å². The normalized spacial score (nSPS) is 10.9. The molecule has 0 radical (unpaired) electrons. The number of carboxylic acid groups (broad SMARTS) is 1. The van der Waals surface area contributed by atoms with Crippen molar-refractivity contribution in [2.75, 3.05) is 0 Å². The fourth-order valence-corrected chi connectivity index (χ4v) is 3.62. The van der Waals surface area contributed by atoms with Crippen molar-refractivity contribution in [1.29, 1.82) is 0 Å². The highest BCUT2D eigenvalue weighted by atomic mass is 16.4.